The minimum absolute atomic E-state index is 0.543. The van der Waals surface area contributed by atoms with Crippen LogP contribution in [0.3, 0.4) is 0 Å². The molecule has 1 aromatic rings. The van der Waals surface area contributed by atoms with Crippen molar-refractivity contribution >= 4 is 17.6 Å². The number of rotatable bonds is 3. The number of ether oxygens (including phenoxy) is 1. The molecule has 4 N–H and O–H groups in total. The normalized spacial score (nSPS) is 9.29. The Kier molecular flexibility index (Phi) is 4.77. The maximum Gasteiger partial charge on any atom is 0.337 e. The van der Waals surface area contributed by atoms with Gasteiger partial charge in [-0.3, -0.25) is 10.2 Å². The SMILES string of the molecule is COc1ccc(NC(=O)NNC(=O)CO)cc1. The van der Waals surface area contributed by atoms with Crippen molar-refractivity contribution < 1.29 is 19.4 Å². The number of carbonyl (C=O) groups excluding carboxylic acids is 2. The van der Waals surface area contributed by atoms with E-state index in [1.807, 2.05) is 5.43 Å². The maximum absolute atomic E-state index is 11.2. The van der Waals surface area contributed by atoms with E-state index in [1.165, 1.54) is 0 Å². The first-order valence-corrected chi connectivity index (χ1v) is 4.76. The van der Waals surface area contributed by atoms with E-state index in [4.69, 9.17) is 9.84 Å². The molecule has 3 amide bonds. The quantitative estimate of drug-likeness (QED) is 0.551. The lowest BCUT2D eigenvalue weighted by atomic mass is 10.3. The topological polar surface area (TPSA) is 99.7 Å². The average molecular weight is 239 g/mol. The number of aliphatic hydroxyl groups excluding tert-OH is 1. The minimum Gasteiger partial charge on any atom is -0.497 e. The number of amides is 3. The number of urea groups is 1. The molecule has 7 heteroatoms. The molecule has 7 nitrogen and oxygen atoms in total. The maximum atomic E-state index is 11.2. The van der Waals surface area contributed by atoms with Crippen LogP contribution in [0.15, 0.2) is 24.3 Å². The molecule has 17 heavy (non-hydrogen) atoms. The van der Waals surface area contributed by atoms with E-state index in [1.54, 1.807) is 31.4 Å². The van der Waals surface area contributed by atoms with Gasteiger partial charge in [-0.1, -0.05) is 0 Å². The van der Waals surface area contributed by atoms with Gasteiger partial charge in [0.25, 0.3) is 5.91 Å². The van der Waals surface area contributed by atoms with Crippen molar-refractivity contribution in [3.8, 4) is 5.75 Å². The Labute approximate surface area is 97.7 Å². The standard InChI is InChI=1S/C10H13N3O4/c1-17-8-4-2-7(3-5-8)11-10(16)13-12-9(15)6-14/h2-5,14H,6H2,1H3,(H,12,15)(H2,11,13,16). The molecule has 92 valence electrons. The molecule has 0 fully saturated rings. The highest BCUT2D eigenvalue weighted by Crippen LogP contribution is 2.14. The van der Waals surface area contributed by atoms with Gasteiger partial charge in [0.2, 0.25) is 0 Å². The zero-order valence-corrected chi connectivity index (χ0v) is 9.19. The summed E-state index contributed by atoms with van der Waals surface area (Å²) >= 11 is 0. The number of carbonyl (C=O) groups is 2. The second-order valence-electron chi connectivity index (χ2n) is 3.01. The van der Waals surface area contributed by atoms with Crippen LogP contribution >= 0.6 is 0 Å². The van der Waals surface area contributed by atoms with Crippen molar-refractivity contribution in [2.24, 2.45) is 0 Å². The van der Waals surface area contributed by atoms with Crippen LogP contribution in [0.2, 0.25) is 0 Å². The summed E-state index contributed by atoms with van der Waals surface area (Å²) in [5.41, 5.74) is 4.61. The van der Waals surface area contributed by atoms with Crippen LogP contribution < -0.4 is 20.9 Å². The molecule has 0 aliphatic carbocycles. The van der Waals surface area contributed by atoms with Gasteiger partial charge in [-0.05, 0) is 24.3 Å². The van der Waals surface area contributed by atoms with E-state index in [9.17, 15) is 9.59 Å². The molecule has 0 saturated carbocycles. The smallest absolute Gasteiger partial charge is 0.337 e. The molecule has 0 saturated heterocycles. The largest absolute Gasteiger partial charge is 0.497 e. The van der Waals surface area contributed by atoms with Gasteiger partial charge in [0.1, 0.15) is 12.4 Å². The number of anilines is 1. The van der Waals surface area contributed by atoms with Crippen molar-refractivity contribution in [2.45, 2.75) is 0 Å². The molecule has 0 aromatic heterocycles. The van der Waals surface area contributed by atoms with E-state index < -0.39 is 18.5 Å². The summed E-state index contributed by atoms with van der Waals surface area (Å²) in [5, 5.41) is 10.9. The second kappa shape index (κ2) is 6.33. The highest BCUT2D eigenvalue weighted by molar-refractivity contribution is 5.91. The zero-order chi connectivity index (χ0) is 12.7. The third kappa shape index (κ3) is 4.39. The van der Waals surface area contributed by atoms with Crippen LogP contribution in [0, 0.1) is 0 Å². The van der Waals surface area contributed by atoms with Crippen molar-refractivity contribution in [2.75, 3.05) is 19.0 Å². The lowest BCUT2D eigenvalue weighted by Gasteiger charge is -2.08. The zero-order valence-electron chi connectivity index (χ0n) is 9.19. The van der Waals surface area contributed by atoms with E-state index in [0.29, 0.717) is 11.4 Å². The van der Waals surface area contributed by atoms with Crippen LogP contribution in [0.25, 0.3) is 0 Å². The van der Waals surface area contributed by atoms with Gasteiger partial charge in [0.15, 0.2) is 0 Å². The number of nitrogens with one attached hydrogen (secondary N) is 3. The van der Waals surface area contributed by atoms with Crippen molar-refractivity contribution in [1.29, 1.82) is 0 Å². The number of hydrazine groups is 1. The third-order valence-electron chi connectivity index (χ3n) is 1.81. The number of benzene rings is 1. The van der Waals surface area contributed by atoms with Crippen LogP contribution in [-0.4, -0.2) is 30.8 Å². The summed E-state index contributed by atoms with van der Waals surface area (Å²) < 4.78 is 4.95. The Balaban J connectivity index is 2.42. The number of hydrogen-bond donors (Lipinski definition) is 4. The molecular formula is C10H13N3O4. The van der Waals surface area contributed by atoms with E-state index in [-0.39, 0.29) is 0 Å². The predicted octanol–water partition coefficient (Wildman–Crippen LogP) is -0.160. The van der Waals surface area contributed by atoms with Gasteiger partial charge in [0, 0.05) is 5.69 Å². The monoisotopic (exact) mass is 239 g/mol. The first-order chi connectivity index (χ1) is 8.15. The van der Waals surface area contributed by atoms with Gasteiger partial charge < -0.3 is 15.2 Å². The first-order valence-electron chi connectivity index (χ1n) is 4.76. The number of methoxy groups -OCH3 is 1. The lowest BCUT2D eigenvalue weighted by molar-refractivity contribution is -0.124. The highest BCUT2D eigenvalue weighted by atomic mass is 16.5. The lowest BCUT2D eigenvalue weighted by Crippen LogP contribution is -2.45. The average Bonchev–Trinajstić information content (AvgIpc) is 2.36. The summed E-state index contributed by atoms with van der Waals surface area (Å²) in [5.74, 6) is -0.0283. The summed E-state index contributed by atoms with van der Waals surface area (Å²) in [6, 6.07) is 6.04. The molecule has 0 spiro atoms. The second-order valence-corrected chi connectivity index (χ2v) is 3.01. The first kappa shape index (κ1) is 12.8. The van der Waals surface area contributed by atoms with Gasteiger partial charge in [-0.25, -0.2) is 10.2 Å². The predicted molar refractivity (Wildman–Crippen MR) is 60.4 cm³/mol. The van der Waals surface area contributed by atoms with E-state index in [0.717, 1.165) is 0 Å². The minimum atomic E-state index is -0.699. The Morgan fingerprint density at radius 3 is 2.41 bits per heavy atom. The van der Waals surface area contributed by atoms with E-state index in [2.05, 4.69) is 10.7 Å². The fraction of sp³-hybridized carbons (Fsp3) is 0.200. The van der Waals surface area contributed by atoms with Gasteiger partial charge in [-0.15, -0.1) is 0 Å². The van der Waals surface area contributed by atoms with Gasteiger partial charge in [0.05, 0.1) is 7.11 Å². The Bertz CT molecular complexity index is 391. The van der Waals surface area contributed by atoms with Crippen molar-refractivity contribution in [3.63, 3.8) is 0 Å². The van der Waals surface area contributed by atoms with Crippen LogP contribution in [-0.2, 0) is 4.79 Å². The number of hydrogen-bond acceptors (Lipinski definition) is 4. The third-order valence-corrected chi connectivity index (χ3v) is 1.81. The van der Waals surface area contributed by atoms with Crippen molar-refractivity contribution in [1.82, 2.24) is 10.9 Å². The molecule has 0 radical (unpaired) electrons. The van der Waals surface area contributed by atoms with Gasteiger partial charge >= 0.3 is 6.03 Å². The fourth-order valence-corrected chi connectivity index (χ4v) is 1.00. The molecule has 0 aliphatic heterocycles. The Morgan fingerprint density at radius 1 is 1.24 bits per heavy atom. The molecule has 0 unspecified atom stereocenters. The Morgan fingerprint density at radius 2 is 1.88 bits per heavy atom. The molecule has 0 heterocycles. The summed E-state index contributed by atoms with van der Waals surface area (Å²) in [4.78, 5) is 21.9. The fourth-order valence-electron chi connectivity index (χ4n) is 1.00. The molecule has 1 rings (SSSR count). The highest BCUT2D eigenvalue weighted by Gasteiger charge is 2.03. The molecule has 1 aromatic carbocycles. The molecule has 0 aliphatic rings. The van der Waals surface area contributed by atoms with Crippen molar-refractivity contribution in [3.05, 3.63) is 24.3 Å². The molecular weight excluding hydrogens is 226 g/mol. The molecule has 0 bridgehead atoms. The summed E-state index contributed by atoms with van der Waals surface area (Å²) in [7, 11) is 1.54. The van der Waals surface area contributed by atoms with E-state index >= 15 is 0 Å². The molecule has 0 atom stereocenters. The summed E-state index contributed by atoms with van der Waals surface area (Å²) in [6.07, 6.45) is 0. The summed E-state index contributed by atoms with van der Waals surface area (Å²) in [6.45, 7) is -0.692. The van der Waals surface area contributed by atoms with Crippen LogP contribution in [0.1, 0.15) is 0 Å². The van der Waals surface area contributed by atoms with Crippen LogP contribution in [0.5, 0.6) is 5.75 Å². The number of aliphatic hydroxyl groups is 1. The van der Waals surface area contributed by atoms with Gasteiger partial charge in [-0.2, -0.15) is 0 Å². The Hall–Kier alpha value is -2.28. The van der Waals surface area contributed by atoms with Crippen LogP contribution in [0.4, 0.5) is 10.5 Å².